The van der Waals surface area contributed by atoms with Crippen LogP contribution >= 0.6 is 0 Å². The summed E-state index contributed by atoms with van der Waals surface area (Å²) in [7, 11) is -2.92. The van der Waals surface area contributed by atoms with Crippen LogP contribution in [0.5, 0.6) is 0 Å². The molecular weight excluding hydrogens is 196 g/mol. The highest BCUT2D eigenvalue weighted by atomic mass is 32.2. The quantitative estimate of drug-likeness (QED) is 0.713. The van der Waals surface area contributed by atoms with Gasteiger partial charge in [0.2, 0.25) is 0 Å². The third-order valence-corrected chi connectivity index (χ3v) is 5.62. The molecule has 1 saturated heterocycles. The summed E-state index contributed by atoms with van der Waals surface area (Å²) in [6, 6.07) is 9.51. The smallest absolute Gasteiger partial charge is 0.159 e. The van der Waals surface area contributed by atoms with E-state index in [1.807, 2.05) is 30.3 Å². The first-order valence-electron chi connectivity index (χ1n) is 4.90. The van der Waals surface area contributed by atoms with Crippen molar-refractivity contribution < 1.29 is 8.42 Å². The van der Waals surface area contributed by atoms with Crippen LogP contribution in [0.15, 0.2) is 30.3 Å². The van der Waals surface area contributed by atoms with Gasteiger partial charge in [-0.25, -0.2) is 8.42 Å². The SMILES string of the molecule is CC1CCC(c2ccccc2)S1(=O)=O. The predicted octanol–water partition coefficient (Wildman–Crippen LogP) is 2.32. The summed E-state index contributed by atoms with van der Waals surface area (Å²) < 4.78 is 23.8. The monoisotopic (exact) mass is 210 g/mol. The van der Waals surface area contributed by atoms with E-state index in [0.29, 0.717) is 0 Å². The van der Waals surface area contributed by atoms with Crippen LogP contribution < -0.4 is 0 Å². The molecule has 0 aromatic heterocycles. The lowest BCUT2D eigenvalue weighted by Gasteiger charge is -2.10. The van der Waals surface area contributed by atoms with Crippen molar-refractivity contribution in [3.63, 3.8) is 0 Å². The summed E-state index contributed by atoms with van der Waals surface area (Å²) in [5.74, 6) is 0. The Balaban J connectivity index is 2.39. The summed E-state index contributed by atoms with van der Waals surface area (Å²) in [5.41, 5.74) is 0.942. The highest BCUT2D eigenvalue weighted by Gasteiger charge is 2.38. The molecule has 14 heavy (non-hydrogen) atoms. The lowest BCUT2D eigenvalue weighted by molar-refractivity contribution is 0.586. The van der Waals surface area contributed by atoms with Crippen LogP contribution in [0.1, 0.15) is 30.6 Å². The molecule has 1 aliphatic heterocycles. The highest BCUT2D eigenvalue weighted by Crippen LogP contribution is 2.38. The van der Waals surface area contributed by atoms with Crippen molar-refractivity contribution in [1.29, 1.82) is 0 Å². The molecule has 0 bridgehead atoms. The fourth-order valence-electron chi connectivity index (χ4n) is 2.02. The molecule has 0 radical (unpaired) electrons. The van der Waals surface area contributed by atoms with Gasteiger partial charge in [0.05, 0.1) is 10.5 Å². The topological polar surface area (TPSA) is 34.1 Å². The van der Waals surface area contributed by atoms with Gasteiger partial charge in [0, 0.05) is 0 Å². The average molecular weight is 210 g/mol. The maximum atomic E-state index is 11.9. The van der Waals surface area contributed by atoms with Gasteiger partial charge in [-0.3, -0.25) is 0 Å². The van der Waals surface area contributed by atoms with E-state index in [4.69, 9.17) is 0 Å². The van der Waals surface area contributed by atoms with E-state index >= 15 is 0 Å². The molecule has 1 aliphatic rings. The van der Waals surface area contributed by atoms with E-state index in [1.165, 1.54) is 0 Å². The van der Waals surface area contributed by atoms with Gasteiger partial charge in [-0.2, -0.15) is 0 Å². The van der Waals surface area contributed by atoms with E-state index < -0.39 is 9.84 Å². The zero-order chi connectivity index (χ0) is 10.2. The van der Waals surface area contributed by atoms with E-state index in [2.05, 4.69) is 0 Å². The van der Waals surface area contributed by atoms with Crippen LogP contribution in [-0.2, 0) is 9.84 Å². The number of benzene rings is 1. The van der Waals surface area contributed by atoms with Gasteiger partial charge >= 0.3 is 0 Å². The van der Waals surface area contributed by atoms with Gasteiger partial charge in [0.1, 0.15) is 0 Å². The zero-order valence-corrected chi connectivity index (χ0v) is 9.00. The van der Waals surface area contributed by atoms with Gasteiger partial charge < -0.3 is 0 Å². The second-order valence-electron chi connectivity index (χ2n) is 3.88. The number of rotatable bonds is 1. The molecule has 0 saturated carbocycles. The Morgan fingerprint density at radius 3 is 2.29 bits per heavy atom. The third kappa shape index (κ3) is 1.46. The molecule has 2 rings (SSSR count). The predicted molar refractivity (Wildman–Crippen MR) is 56.8 cm³/mol. The van der Waals surface area contributed by atoms with Crippen molar-refractivity contribution in [2.75, 3.05) is 0 Å². The van der Waals surface area contributed by atoms with Crippen LogP contribution in [0.25, 0.3) is 0 Å². The average Bonchev–Trinajstić information content (AvgIpc) is 2.44. The van der Waals surface area contributed by atoms with Crippen LogP contribution in [0.2, 0.25) is 0 Å². The Morgan fingerprint density at radius 1 is 1.14 bits per heavy atom. The summed E-state index contributed by atoms with van der Waals surface area (Å²) in [4.78, 5) is 0. The molecule has 1 heterocycles. The third-order valence-electron chi connectivity index (χ3n) is 2.96. The first-order valence-corrected chi connectivity index (χ1v) is 6.51. The summed E-state index contributed by atoms with van der Waals surface area (Å²) >= 11 is 0. The van der Waals surface area contributed by atoms with Crippen molar-refractivity contribution in [2.24, 2.45) is 0 Å². The fraction of sp³-hybridized carbons (Fsp3) is 0.455. The Labute approximate surface area is 84.9 Å². The second-order valence-corrected chi connectivity index (χ2v) is 6.43. The Bertz CT molecular complexity index is 408. The molecule has 1 aromatic carbocycles. The van der Waals surface area contributed by atoms with Crippen LogP contribution in [0.3, 0.4) is 0 Å². The molecule has 2 nitrogen and oxygen atoms in total. The molecule has 0 N–H and O–H groups in total. The lowest BCUT2D eigenvalue weighted by atomic mass is 10.1. The van der Waals surface area contributed by atoms with Gasteiger partial charge in [-0.15, -0.1) is 0 Å². The highest BCUT2D eigenvalue weighted by molar-refractivity contribution is 7.92. The molecule has 0 amide bonds. The van der Waals surface area contributed by atoms with Crippen molar-refractivity contribution in [3.8, 4) is 0 Å². The van der Waals surface area contributed by atoms with Crippen LogP contribution in [0.4, 0.5) is 0 Å². The molecule has 0 aliphatic carbocycles. The molecular formula is C11H14O2S. The van der Waals surface area contributed by atoms with E-state index in [0.717, 1.165) is 18.4 Å². The summed E-state index contributed by atoms with van der Waals surface area (Å²) in [6.07, 6.45) is 1.56. The minimum atomic E-state index is -2.92. The molecule has 0 spiro atoms. The maximum absolute atomic E-state index is 11.9. The Hall–Kier alpha value is -0.830. The van der Waals surface area contributed by atoms with E-state index in [1.54, 1.807) is 6.92 Å². The molecule has 76 valence electrons. The lowest BCUT2D eigenvalue weighted by Crippen LogP contribution is -2.14. The number of sulfone groups is 1. The zero-order valence-electron chi connectivity index (χ0n) is 8.18. The summed E-state index contributed by atoms with van der Waals surface area (Å²) in [6.45, 7) is 1.80. The summed E-state index contributed by atoms with van der Waals surface area (Å²) in [5, 5.41) is -0.439. The van der Waals surface area contributed by atoms with E-state index in [9.17, 15) is 8.42 Å². The first-order chi connectivity index (χ1) is 6.62. The first kappa shape index (κ1) is 9.71. The van der Waals surface area contributed by atoms with Crippen molar-refractivity contribution in [3.05, 3.63) is 35.9 Å². The van der Waals surface area contributed by atoms with Crippen LogP contribution in [-0.4, -0.2) is 13.7 Å². The minimum absolute atomic E-state index is 0.173. The Morgan fingerprint density at radius 2 is 1.79 bits per heavy atom. The molecule has 1 aromatic rings. The maximum Gasteiger partial charge on any atom is 0.159 e. The molecule has 3 heteroatoms. The Kier molecular flexibility index (Phi) is 2.35. The minimum Gasteiger partial charge on any atom is -0.228 e. The number of hydrogen-bond donors (Lipinski definition) is 0. The van der Waals surface area contributed by atoms with Crippen molar-refractivity contribution in [2.45, 2.75) is 30.3 Å². The normalized spacial score (nSPS) is 30.4. The molecule has 2 atom stereocenters. The van der Waals surface area contributed by atoms with Crippen LogP contribution in [0, 0.1) is 0 Å². The standard InChI is InChI=1S/C11H14O2S/c1-9-7-8-11(14(9,12)13)10-5-3-2-4-6-10/h2-6,9,11H,7-8H2,1H3. The van der Waals surface area contributed by atoms with Gasteiger partial charge in [0.15, 0.2) is 9.84 Å². The van der Waals surface area contributed by atoms with Crippen molar-refractivity contribution in [1.82, 2.24) is 0 Å². The molecule has 2 unspecified atom stereocenters. The molecule has 1 fully saturated rings. The van der Waals surface area contributed by atoms with Gasteiger partial charge in [-0.05, 0) is 25.3 Å². The van der Waals surface area contributed by atoms with E-state index in [-0.39, 0.29) is 10.5 Å². The largest absolute Gasteiger partial charge is 0.228 e. The fourth-order valence-corrected chi connectivity index (χ4v) is 4.05. The number of hydrogen-bond acceptors (Lipinski definition) is 2. The van der Waals surface area contributed by atoms with Gasteiger partial charge in [0.25, 0.3) is 0 Å². The van der Waals surface area contributed by atoms with Gasteiger partial charge in [-0.1, -0.05) is 30.3 Å². The van der Waals surface area contributed by atoms with Crippen molar-refractivity contribution >= 4 is 9.84 Å². The second kappa shape index (κ2) is 3.39.